The summed E-state index contributed by atoms with van der Waals surface area (Å²) in [6.07, 6.45) is 1.77. The second-order valence-electron chi connectivity index (χ2n) is 5.75. The van der Waals surface area contributed by atoms with Gasteiger partial charge in [-0.15, -0.1) is 0 Å². The van der Waals surface area contributed by atoms with Crippen molar-refractivity contribution in [1.29, 1.82) is 0 Å². The van der Waals surface area contributed by atoms with Crippen LogP contribution in [0.5, 0.6) is 5.75 Å². The smallest absolute Gasteiger partial charge is 0.226 e. The summed E-state index contributed by atoms with van der Waals surface area (Å²) in [5.74, 6) is 0.952. The lowest BCUT2D eigenvalue weighted by molar-refractivity contribution is -0.132. The van der Waals surface area contributed by atoms with Crippen molar-refractivity contribution in [1.82, 2.24) is 10.6 Å². The largest absolute Gasteiger partial charge is 0.496 e. The lowest BCUT2D eigenvalue weighted by atomic mass is 9.80. The molecule has 1 fully saturated rings. The van der Waals surface area contributed by atoms with Crippen LogP contribution in [0.4, 0.5) is 0 Å². The fourth-order valence-corrected chi connectivity index (χ4v) is 2.68. The van der Waals surface area contributed by atoms with Gasteiger partial charge in [-0.25, -0.2) is 0 Å². The highest BCUT2D eigenvalue weighted by Gasteiger charge is 2.35. The van der Waals surface area contributed by atoms with Gasteiger partial charge in [0, 0.05) is 11.0 Å². The van der Waals surface area contributed by atoms with E-state index >= 15 is 0 Å². The van der Waals surface area contributed by atoms with Gasteiger partial charge in [0.2, 0.25) is 5.91 Å². The van der Waals surface area contributed by atoms with Crippen molar-refractivity contribution >= 4 is 5.91 Å². The van der Waals surface area contributed by atoms with Gasteiger partial charge >= 0.3 is 0 Å². The molecule has 2 N–H and O–H groups in total. The molecule has 1 atom stereocenters. The monoisotopic (exact) mass is 276 g/mol. The van der Waals surface area contributed by atoms with Crippen LogP contribution in [0.3, 0.4) is 0 Å². The molecule has 2 rings (SSSR count). The first kappa shape index (κ1) is 14.9. The first-order valence-electron chi connectivity index (χ1n) is 7.21. The maximum atomic E-state index is 12.5. The quantitative estimate of drug-likeness (QED) is 0.887. The Labute approximate surface area is 120 Å². The first-order valence-corrected chi connectivity index (χ1v) is 7.21. The lowest BCUT2D eigenvalue weighted by Crippen LogP contribution is -2.46. The van der Waals surface area contributed by atoms with Gasteiger partial charge in [-0.05, 0) is 38.9 Å². The molecule has 1 aromatic rings. The summed E-state index contributed by atoms with van der Waals surface area (Å²) < 4.78 is 5.36. The van der Waals surface area contributed by atoms with Crippen molar-refractivity contribution in [2.75, 3.05) is 20.2 Å². The molecule has 20 heavy (non-hydrogen) atoms. The highest BCUT2D eigenvalue weighted by atomic mass is 16.5. The van der Waals surface area contributed by atoms with Crippen molar-refractivity contribution in [2.24, 2.45) is 5.41 Å². The summed E-state index contributed by atoms with van der Waals surface area (Å²) in [5, 5.41) is 6.43. The van der Waals surface area contributed by atoms with Crippen molar-refractivity contribution in [3.05, 3.63) is 29.8 Å². The van der Waals surface area contributed by atoms with Gasteiger partial charge in [0.15, 0.2) is 0 Å². The SMILES string of the molecule is COc1ccccc1[C@@H](C)NC(=O)C1(C)CCNCC1. The zero-order valence-corrected chi connectivity index (χ0v) is 12.5. The number of ether oxygens (including phenoxy) is 1. The Morgan fingerprint density at radius 1 is 1.35 bits per heavy atom. The average Bonchev–Trinajstić information content (AvgIpc) is 2.47. The fourth-order valence-electron chi connectivity index (χ4n) is 2.68. The Kier molecular flexibility index (Phi) is 4.65. The number of carbonyl (C=O) groups excluding carboxylic acids is 1. The minimum Gasteiger partial charge on any atom is -0.496 e. The summed E-state index contributed by atoms with van der Waals surface area (Å²) >= 11 is 0. The third-order valence-corrected chi connectivity index (χ3v) is 4.21. The Bertz CT molecular complexity index is 467. The number of hydrogen-bond acceptors (Lipinski definition) is 3. The zero-order valence-electron chi connectivity index (χ0n) is 12.5. The molecule has 4 nitrogen and oxygen atoms in total. The van der Waals surface area contributed by atoms with Gasteiger partial charge in [-0.1, -0.05) is 25.1 Å². The number of rotatable bonds is 4. The number of amides is 1. The van der Waals surface area contributed by atoms with Crippen LogP contribution in [0.15, 0.2) is 24.3 Å². The maximum Gasteiger partial charge on any atom is 0.226 e. The maximum absolute atomic E-state index is 12.5. The third kappa shape index (κ3) is 3.12. The summed E-state index contributed by atoms with van der Waals surface area (Å²) in [7, 11) is 1.65. The second kappa shape index (κ2) is 6.27. The van der Waals surface area contributed by atoms with Crippen LogP contribution in [0, 0.1) is 5.41 Å². The molecule has 1 amide bonds. The number of para-hydroxylation sites is 1. The van der Waals surface area contributed by atoms with Crippen LogP contribution < -0.4 is 15.4 Å². The molecule has 0 unspecified atom stereocenters. The first-order chi connectivity index (χ1) is 9.57. The van der Waals surface area contributed by atoms with Gasteiger partial charge in [0.05, 0.1) is 13.2 Å². The van der Waals surface area contributed by atoms with Gasteiger partial charge in [-0.3, -0.25) is 4.79 Å². The molecule has 4 heteroatoms. The molecule has 1 aliphatic rings. The lowest BCUT2D eigenvalue weighted by Gasteiger charge is -2.33. The number of methoxy groups -OCH3 is 1. The van der Waals surface area contributed by atoms with E-state index in [0.717, 1.165) is 37.2 Å². The Morgan fingerprint density at radius 3 is 2.65 bits per heavy atom. The Hall–Kier alpha value is -1.55. The molecule has 0 bridgehead atoms. The molecule has 0 aliphatic carbocycles. The molecule has 0 radical (unpaired) electrons. The van der Waals surface area contributed by atoms with Gasteiger partial charge in [0.25, 0.3) is 0 Å². The summed E-state index contributed by atoms with van der Waals surface area (Å²) in [5.41, 5.74) is 0.752. The van der Waals surface area contributed by atoms with E-state index in [1.54, 1.807) is 7.11 Å². The standard InChI is InChI=1S/C16H24N2O2/c1-12(13-6-4-5-7-14(13)20-3)18-15(19)16(2)8-10-17-11-9-16/h4-7,12,17H,8-11H2,1-3H3,(H,18,19)/t12-/m1/s1. The fraction of sp³-hybridized carbons (Fsp3) is 0.562. The summed E-state index contributed by atoms with van der Waals surface area (Å²) in [6.45, 7) is 5.87. The van der Waals surface area contributed by atoms with E-state index in [0.29, 0.717) is 0 Å². The second-order valence-corrected chi connectivity index (χ2v) is 5.75. The van der Waals surface area contributed by atoms with E-state index in [1.165, 1.54) is 0 Å². The predicted molar refractivity (Wildman–Crippen MR) is 79.8 cm³/mol. The highest BCUT2D eigenvalue weighted by Crippen LogP contribution is 2.30. The molecule has 0 spiro atoms. The number of benzene rings is 1. The van der Waals surface area contributed by atoms with E-state index in [9.17, 15) is 4.79 Å². The highest BCUT2D eigenvalue weighted by molar-refractivity contribution is 5.82. The Morgan fingerprint density at radius 2 is 2.00 bits per heavy atom. The number of nitrogens with one attached hydrogen (secondary N) is 2. The number of piperidine rings is 1. The molecule has 0 saturated carbocycles. The topological polar surface area (TPSA) is 50.4 Å². The molecule has 1 heterocycles. The van der Waals surface area contributed by atoms with Crippen molar-refractivity contribution in [2.45, 2.75) is 32.7 Å². The molecular formula is C16H24N2O2. The van der Waals surface area contributed by atoms with Crippen molar-refractivity contribution in [3.8, 4) is 5.75 Å². The van der Waals surface area contributed by atoms with Crippen LogP contribution in [0.25, 0.3) is 0 Å². The molecule has 0 aromatic heterocycles. The third-order valence-electron chi connectivity index (χ3n) is 4.21. The van der Waals surface area contributed by atoms with E-state index in [-0.39, 0.29) is 17.4 Å². The molecule has 1 aliphatic heterocycles. The molecule has 1 saturated heterocycles. The molecule has 110 valence electrons. The normalized spacial score (nSPS) is 19.1. The average molecular weight is 276 g/mol. The van der Waals surface area contributed by atoms with Crippen LogP contribution in [-0.2, 0) is 4.79 Å². The van der Waals surface area contributed by atoms with Gasteiger partial charge < -0.3 is 15.4 Å². The molecular weight excluding hydrogens is 252 g/mol. The minimum atomic E-state index is -0.262. The summed E-state index contributed by atoms with van der Waals surface area (Å²) in [4.78, 5) is 12.5. The Balaban J connectivity index is 2.07. The number of hydrogen-bond donors (Lipinski definition) is 2. The van der Waals surface area contributed by atoms with E-state index in [2.05, 4.69) is 17.6 Å². The van der Waals surface area contributed by atoms with Crippen LogP contribution in [-0.4, -0.2) is 26.1 Å². The molecule has 1 aromatic carbocycles. The minimum absolute atomic E-state index is 0.0506. The van der Waals surface area contributed by atoms with Crippen LogP contribution in [0.1, 0.15) is 38.3 Å². The van der Waals surface area contributed by atoms with Crippen LogP contribution in [0.2, 0.25) is 0 Å². The summed E-state index contributed by atoms with van der Waals surface area (Å²) in [6, 6.07) is 7.77. The van der Waals surface area contributed by atoms with E-state index in [4.69, 9.17) is 4.74 Å². The van der Waals surface area contributed by atoms with Crippen LogP contribution >= 0.6 is 0 Å². The van der Waals surface area contributed by atoms with Gasteiger partial charge in [0.1, 0.15) is 5.75 Å². The van der Waals surface area contributed by atoms with Crippen molar-refractivity contribution < 1.29 is 9.53 Å². The van der Waals surface area contributed by atoms with Gasteiger partial charge in [-0.2, -0.15) is 0 Å². The van der Waals surface area contributed by atoms with Crippen molar-refractivity contribution in [3.63, 3.8) is 0 Å². The van der Waals surface area contributed by atoms with E-state index in [1.807, 2.05) is 31.2 Å². The van der Waals surface area contributed by atoms with E-state index < -0.39 is 0 Å². The zero-order chi connectivity index (χ0) is 14.6. The number of carbonyl (C=O) groups is 1. The predicted octanol–water partition coefficient (Wildman–Crippen LogP) is 2.26.